The molecule has 5 heteroatoms. The number of ether oxygens (including phenoxy) is 1. The van der Waals surface area contributed by atoms with Gasteiger partial charge in [-0.15, -0.1) is 0 Å². The first kappa shape index (κ1) is 14.9. The number of phenolic OH excluding ortho intramolecular Hbond substituents is 1. The van der Waals surface area contributed by atoms with Crippen LogP contribution in [0.1, 0.15) is 24.8 Å². The summed E-state index contributed by atoms with van der Waals surface area (Å²) in [5.41, 5.74) is 0.853. The highest BCUT2D eigenvalue weighted by atomic mass is 35.5. The van der Waals surface area contributed by atoms with Crippen molar-refractivity contribution in [3.8, 4) is 11.5 Å². The van der Waals surface area contributed by atoms with Crippen LogP contribution in [0.3, 0.4) is 0 Å². The molecule has 2 heterocycles. The Labute approximate surface area is 131 Å². The van der Waals surface area contributed by atoms with Gasteiger partial charge in [0.25, 0.3) is 0 Å². The summed E-state index contributed by atoms with van der Waals surface area (Å²) < 4.78 is 5.19. The van der Waals surface area contributed by atoms with Gasteiger partial charge in [-0.2, -0.15) is 0 Å². The molecule has 2 fully saturated rings. The third-order valence-electron chi connectivity index (χ3n) is 4.62. The Morgan fingerprint density at radius 1 is 1.29 bits per heavy atom. The molecular weight excluding hydrogens is 288 g/mol. The maximum absolute atomic E-state index is 10.3. The molecule has 3 rings (SSSR count). The number of rotatable bonds is 3. The fourth-order valence-electron chi connectivity index (χ4n) is 3.57. The van der Waals surface area contributed by atoms with Crippen LogP contribution >= 0.6 is 11.6 Å². The third-order valence-corrected chi connectivity index (χ3v) is 4.84. The van der Waals surface area contributed by atoms with Crippen molar-refractivity contribution in [1.82, 2.24) is 9.80 Å². The second kappa shape index (κ2) is 6.42. The lowest BCUT2D eigenvalue weighted by atomic mass is 10.1. The highest BCUT2D eigenvalue weighted by Crippen LogP contribution is 2.34. The molecule has 1 atom stereocenters. The van der Waals surface area contributed by atoms with Crippen molar-refractivity contribution in [2.45, 2.75) is 31.8 Å². The molecular formula is C16H23ClN2O2. The van der Waals surface area contributed by atoms with E-state index >= 15 is 0 Å². The van der Waals surface area contributed by atoms with Crippen molar-refractivity contribution >= 4 is 11.6 Å². The molecule has 0 bridgehead atoms. The van der Waals surface area contributed by atoms with Crippen LogP contribution in [-0.4, -0.2) is 54.2 Å². The van der Waals surface area contributed by atoms with E-state index < -0.39 is 0 Å². The average molecular weight is 311 g/mol. The Hall–Kier alpha value is -0.970. The Morgan fingerprint density at radius 2 is 2.10 bits per heavy atom. The van der Waals surface area contributed by atoms with Crippen LogP contribution in [0.5, 0.6) is 11.5 Å². The third kappa shape index (κ3) is 3.28. The summed E-state index contributed by atoms with van der Waals surface area (Å²) >= 11 is 6.12. The molecule has 21 heavy (non-hydrogen) atoms. The van der Waals surface area contributed by atoms with Crippen LogP contribution in [-0.2, 0) is 6.54 Å². The Kier molecular flexibility index (Phi) is 4.57. The zero-order chi connectivity index (χ0) is 14.8. The highest BCUT2D eigenvalue weighted by Gasteiger charge is 2.29. The van der Waals surface area contributed by atoms with Gasteiger partial charge in [0, 0.05) is 35.8 Å². The molecule has 116 valence electrons. The van der Waals surface area contributed by atoms with E-state index in [1.165, 1.54) is 32.4 Å². The minimum Gasteiger partial charge on any atom is -0.504 e. The highest BCUT2D eigenvalue weighted by molar-refractivity contribution is 6.30. The van der Waals surface area contributed by atoms with Gasteiger partial charge in [-0.1, -0.05) is 11.6 Å². The summed E-state index contributed by atoms with van der Waals surface area (Å²) in [6.07, 6.45) is 3.80. The normalized spacial score (nSPS) is 23.8. The Balaban J connectivity index is 1.75. The molecule has 1 unspecified atom stereocenters. The standard InChI is InChI=1S/C16H23ClN2O2/c1-21-15-9-13(17)8-12(16(15)20)10-18-5-3-7-19-6-2-4-14(19)11-18/h8-9,14,20H,2-7,10-11H2,1H3. The molecule has 0 radical (unpaired) electrons. The number of phenols is 1. The lowest BCUT2D eigenvalue weighted by Gasteiger charge is -2.26. The van der Waals surface area contributed by atoms with Crippen LogP contribution in [0.2, 0.25) is 5.02 Å². The van der Waals surface area contributed by atoms with Crippen LogP contribution in [0.15, 0.2) is 12.1 Å². The predicted octanol–water partition coefficient (Wildman–Crippen LogP) is 2.72. The van der Waals surface area contributed by atoms with Crippen LogP contribution in [0, 0.1) is 0 Å². The van der Waals surface area contributed by atoms with Gasteiger partial charge in [-0.25, -0.2) is 0 Å². The number of aromatic hydroxyl groups is 1. The molecule has 4 nitrogen and oxygen atoms in total. The Bertz CT molecular complexity index is 509. The van der Waals surface area contributed by atoms with Gasteiger partial charge in [-0.3, -0.25) is 9.80 Å². The molecule has 2 saturated heterocycles. The van der Waals surface area contributed by atoms with Gasteiger partial charge >= 0.3 is 0 Å². The number of halogens is 1. The minimum atomic E-state index is 0.217. The monoisotopic (exact) mass is 310 g/mol. The molecule has 2 aliphatic rings. The van der Waals surface area contributed by atoms with E-state index in [1.54, 1.807) is 13.2 Å². The smallest absolute Gasteiger partial charge is 0.162 e. The van der Waals surface area contributed by atoms with Crippen LogP contribution in [0.25, 0.3) is 0 Å². The minimum absolute atomic E-state index is 0.217. The molecule has 1 aromatic carbocycles. The molecule has 2 aliphatic heterocycles. The van der Waals surface area contributed by atoms with Crippen molar-refractivity contribution in [3.05, 3.63) is 22.7 Å². The van der Waals surface area contributed by atoms with E-state index in [4.69, 9.17) is 16.3 Å². The van der Waals surface area contributed by atoms with Crippen LogP contribution < -0.4 is 4.74 Å². The van der Waals surface area contributed by atoms with Crippen molar-refractivity contribution in [2.24, 2.45) is 0 Å². The molecule has 0 amide bonds. The molecule has 0 aliphatic carbocycles. The fraction of sp³-hybridized carbons (Fsp3) is 0.625. The zero-order valence-electron chi connectivity index (χ0n) is 12.5. The number of fused-ring (bicyclic) bond motifs is 1. The summed E-state index contributed by atoms with van der Waals surface area (Å²) in [4.78, 5) is 5.04. The molecule has 0 spiro atoms. The first-order valence-electron chi connectivity index (χ1n) is 7.69. The largest absolute Gasteiger partial charge is 0.504 e. The summed E-state index contributed by atoms with van der Waals surface area (Å²) in [5.74, 6) is 0.671. The average Bonchev–Trinajstić information content (AvgIpc) is 2.81. The van der Waals surface area contributed by atoms with E-state index in [1.807, 2.05) is 6.07 Å². The zero-order valence-corrected chi connectivity index (χ0v) is 13.3. The fourth-order valence-corrected chi connectivity index (χ4v) is 3.80. The van der Waals surface area contributed by atoms with Crippen molar-refractivity contribution < 1.29 is 9.84 Å². The lowest BCUT2D eigenvalue weighted by Crippen LogP contribution is -2.36. The number of methoxy groups -OCH3 is 1. The van der Waals surface area contributed by atoms with E-state index in [-0.39, 0.29) is 5.75 Å². The first-order chi connectivity index (χ1) is 10.2. The summed E-state index contributed by atoms with van der Waals surface area (Å²) in [5, 5.41) is 10.9. The number of nitrogens with zero attached hydrogens (tertiary/aromatic N) is 2. The van der Waals surface area contributed by atoms with Crippen LogP contribution in [0.4, 0.5) is 0 Å². The van der Waals surface area contributed by atoms with Crippen molar-refractivity contribution in [3.63, 3.8) is 0 Å². The quantitative estimate of drug-likeness (QED) is 0.931. The Morgan fingerprint density at radius 3 is 2.90 bits per heavy atom. The summed E-state index contributed by atoms with van der Waals surface area (Å²) in [6.45, 7) is 5.32. The van der Waals surface area contributed by atoms with Crippen molar-refractivity contribution in [2.75, 3.05) is 33.3 Å². The van der Waals surface area contributed by atoms with E-state index in [2.05, 4.69) is 9.80 Å². The number of hydrogen-bond acceptors (Lipinski definition) is 4. The topological polar surface area (TPSA) is 35.9 Å². The lowest BCUT2D eigenvalue weighted by molar-refractivity contribution is 0.213. The van der Waals surface area contributed by atoms with Gasteiger partial charge in [0.1, 0.15) is 0 Å². The van der Waals surface area contributed by atoms with Gasteiger partial charge in [-0.05, 0) is 45.0 Å². The number of hydrogen-bond donors (Lipinski definition) is 1. The van der Waals surface area contributed by atoms with Gasteiger partial charge in [0.2, 0.25) is 0 Å². The first-order valence-corrected chi connectivity index (χ1v) is 8.07. The van der Waals surface area contributed by atoms with E-state index in [0.29, 0.717) is 16.8 Å². The molecule has 0 aromatic heterocycles. The second-order valence-corrected chi connectivity index (χ2v) is 6.47. The SMILES string of the molecule is COc1cc(Cl)cc(CN2CCCN3CCCC3C2)c1O. The predicted molar refractivity (Wildman–Crippen MR) is 84.2 cm³/mol. The van der Waals surface area contributed by atoms with Gasteiger partial charge < -0.3 is 9.84 Å². The maximum Gasteiger partial charge on any atom is 0.162 e. The molecule has 1 aromatic rings. The maximum atomic E-state index is 10.3. The molecule has 1 N–H and O–H groups in total. The summed E-state index contributed by atoms with van der Waals surface area (Å²) in [7, 11) is 1.55. The van der Waals surface area contributed by atoms with E-state index in [0.717, 1.165) is 25.2 Å². The van der Waals surface area contributed by atoms with Crippen molar-refractivity contribution in [1.29, 1.82) is 0 Å². The van der Waals surface area contributed by atoms with Gasteiger partial charge in [0.15, 0.2) is 11.5 Å². The van der Waals surface area contributed by atoms with E-state index in [9.17, 15) is 5.11 Å². The number of benzene rings is 1. The second-order valence-electron chi connectivity index (χ2n) is 6.04. The summed E-state index contributed by atoms with van der Waals surface area (Å²) in [6, 6.07) is 4.17. The molecule has 0 saturated carbocycles. The van der Waals surface area contributed by atoms with Gasteiger partial charge in [0.05, 0.1) is 7.11 Å².